The lowest BCUT2D eigenvalue weighted by atomic mass is 9.70. The summed E-state index contributed by atoms with van der Waals surface area (Å²) in [6.45, 7) is 0. The molecule has 4 aliphatic carbocycles. The summed E-state index contributed by atoms with van der Waals surface area (Å²) in [7, 11) is 0. The number of hydrogen-bond donors (Lipinski definition) is 0. The summed E-state index contributed by atoms with van der Waals surface area (Å²) in [5.41, 5.74) is 28.9. The van der Waals surface area contributed by atoms with Crippen LogP contribution < -0.4 is 0 Å². The van der Waals surface area contributed by atoms with E-state index in [0.717, 1.165) is 66.2 Å². The van der Waals surface area contributed by atoms with Gasteiger partial charge in [0, 0.05) is 32.9 Å². The Bertz CT molecular complexity index is 4740. The average Bonchev–Trinajstić information content (AvgIpc) is 4.42. The van der Waals surface area contributed by atoms with E-state index in [-0.39, 0.29) is 0 Å². The van der Waals surface area contributed by atoms with Crippen molar-refractivity contribution in [3.63, 3.8) is 0 Å². The number of rotatable bonds is 2. The van der Waals surface area contributed by atoms with Crippen molar-refractivity contribution in [2.45, 2.75) is 10.8 Å². The quantitative estimate of drug-likeness (QED) is 0.169. The number of furan rings is 1. The van der Waals surface area contributed by atoms with Gasteiger partial charge in [-0.2, -0.15) is 0 Å². The van der Waals surface area contributed by atoms with Crippen LogP contribution in [0, 0.1) is 0 Å². The first-order valence-electron chi connectivity index (χ1n) is 26.9. The fourth-order valence-electron chi connectivity index (χ4n) is 15.8. The third kappa shape index (κ3) is 4.62. The van der Waals surface area contributed by atoms with Crippen LogP contribution in [0.25, 0.3) is 121 Å². The van der Waals surface area contributed by atoms with Crippen molar-refractivity contribution in [1.29, 1.82) is 0 Å². The highest BCUT2D eigenvalue weighted by atomic mass is 16.3. The highest BCUT2D eigenvalue weighted by Crippen LogP contribution is 2.65. The number of benzene rings is 12. The SMILES string of the molecule is c1ccc2c(c1)-c1ccccc1C21c2ccccc2-c2ccc(-n3c4ccccc4c4c5oc6c(ccc7c6c6ccccc6n7-c6ccc7c(c6)C6(c8ccccc8-c8ccccc86)c6ccccc6-7)c5ccc43)cc21. The van der Waals surface area contributed by atoms with Gasteiger partial charge < -0.3 is 13.6 Å². The molecule has 3 heterocycles. The Kier molecular flexibility index (Phi) is 7.37. The molecule has 0 bridgehead atoms. The molecule has 2 spiro atoms. The van der Waals surface area contributed by atoms with Gasteiger partial charge in [0.2, 0.25) is 0 Å². The zero-order valence-corrected chi connectivity index (χ0v) is 41.6. The van der Waals surface area contributed by atoms with Gasteiger partial charge in [0.05, 0.1) is 43.7 Å². The molecule has 15 aromatic rings. The zero-order chi connectivity index (χ0) is 49.9. The third-order valence-electron chi connectivity index (χ3n) is 18.6. The van der Waals surface area contributed by atoms with Crippen molar-refractivity contribution in [1.82, 2.24) is 9.13 Å². The van der Waals surface area contributed by atoms with Crippen LogP contribution in [0.15, 0.2) is 259 Å². The first kappa shape index (κ1) is 40.4. The predicted octanol–water partition coefficient (Wildman–Crippen LogP) is 18.5. The molecule has 0 saturated carbocycles. The van der Waals surface area contributed by atoms with Crippen LogP contribution in [0.3, 0.4) is 0 Å². The lowest BCUT2D eigenvalue weighted by Gasteiger charge is -2.30. The summed E-state index contributed by atoms with van der Waals surface area (Å²) in [5, 5.41) is 6.83. The summed E-state index contributed by atoms with van der Waals surface area (Å²) >= 11 is 0. The molecule has 3 heteroatoms. The number of fused-ring (bicyclic) bond motifs is 31. The van der Waals surface area contributed by atoms with E-state index in [1.807, 2.05) is 0 Å². The van der Waals surface area contributed by atoms with E-state index in [1.54, 1.807) is 0 Å². The molecule has 354 valence electrons. The normalized spacial score (nSPS) is 14.4. The van der Waals surface area contributed by atoms with Crippen molar-refractivity contribution in [3.8, 4) is 55.9 Å². The van der Waals surface area contributed by atoms with Crippen LogP contribution in [0.4, 0.5) is 0 Å². The number of para-hydroxylation sites is 2. The second-order valence-electron chi connectivity index (χ2n) is 21.7. The largest absolute Gasteiger partial charge is 0.455 e. The van der Waals surface area contributed by atoms with Crippen LogP contribution in [0.1, 0.15) is 44.5 Å². The van der Waals surface area contributed by atoms with Gasteiger partial charge in [-0.3, -0.25) is 0 Å². The Hall–Kier alpha value is -9.96. The van der Waals surface area contributed by atoms with Gasteiger partial charge in [0.1, 0.15) is 11.2 Å². The molecule has 0 saturated heterocycles. The molecule has 3 nitrogen and oxygen atoms in total. The summed E-state index contributed by atoms with van der Waals surface area (Å²) in [4.78, 5) is 0. The molecule has 0 fully saturated rings. The zero-order valence-electron chi connectivity index (χ0n) is 41.6. The average molecular weight is 975 g/mol. The highest BCUT2D eigenvalue weighted by Gasteiger charge is 2.53. The smallest absolute Gasteiger partial charge is 0.145 e. The van der Waals surface area contributed by atoms with Crippen molar-refractivity contribution in [2.24, 2.45) is 0 Å². The van der Waals surface area contributed by atoms with Crippen LogP contribution >= 0.6 is 0 Å². The van der Waals surface area contributed by atoms with E-state index in [4.69, 9.17) is 4.42 Å². The molecule has 0 atom stereocenters. The van der Waals surface area contributed by atoms with Gasteiger partial charge in [-0.15, -0.1) is 0 Å². The van der Waals surface area contributed by atoms with Gasteiger partial charge in [-0.1, -0.05) is 194 Å². The molecular formula is C74H42N2O. The Balaban J connectivity index is 0.838. The van der Waals surface area contributed by atoms with Gasteiger partial charge >= 0.3 is 0 Å². The molecule has 0 unspecified atom stereocenters. The maximum atomic E-state index is 7.51. The van der Waals surface area contributed by atoms with Crippen LogP contribution in [-0.2, 0) is 10.8 Å². The Labute approximate surface area is 442 Å². The molecule has 77 heavy (non-hydrogen) atoms. The minimum Gasteiger partial charge on any atom is -0.455 e. The van der Waals surface area contributed by atoms with E-state index >= 15 is 0 Å². The van der Waals surface area contributed by atoms with Crippen LogP contribution in [-0.4, -0.2) is 9.13 Å². The molecule has 0 aliphatic heterocycles. The fraction of sp³-hybridized carbons (Fsp3) is 0.0270. The topological polar surface area (TPSA) is 23.0 Å². The lowest BCUT2D eigenvalue weighted by Crippen LogP contribution is -2.26. The lowest BCUT2D eigenvalue weighted by molar-refractivity contribution is 0.677. The van der Waals surface area contributed by atoms with E-state index in [9.17, 15) is 0 Å². The monoisotopic (exact) mass is 974 g/mol. The van der Waals surface area contributed by atoms with Crippen LogP contribution in [0.2, 0.25) is 0 Å². The van der Waals surface area contributed by atoms with E-state index in [0.29, 0.717) is 0 Å². The Morgan fingerprint density at radius 1 is 0.234 bits per heavy atom. The third-order valence-corrected chi connectivity index (χ3v) is 18.6. The van der Waals surface area contributed by atoms with Crippen molar-refractivity contribution in [2.75, 3.05) is 0 Å². The molecule has 4 aliphatic rings. The number of nitrogens with zero attached hydrogens (tertiary/aromatic N) is 2. The molecular weight excluding hydrogens is 933 g/mol. The Morgan fingerprint density at radius 3 is 0.883 bits per heavy atom. The fourth-order valence-corrected chi connectivity index (χ4v) is 15.8. The maximum absolute atomic E-state index is 7.51. The van der Waals surface area contributed by atoms with Crippen LogP contribution in [0.5, 0.6) is 0 Å². The first-order chi connectivity index (χ1) is 38.2. The summed E-state index contributed by atoms with van der Waals surface area (Å²) < 4.78 is 12.5. The standard InChI is InChI=1S/C74H42N2O/c1-9-25-57-45(17-1)46-18-2-10-26-58(46)73(57)61-29-13-5-21-49(61)51-35-33-43(41-63(51)73)75-65-31-15-7-23-55(65)69-67(75)39-37-53-54-38-40-68-70(72(54)77-71(53)69)56-24-8-16-32-66(56)76(68)44-34-36-52-50-22-6-14-30-62(50)74(64(52)42-44)59-27-11-3-19-47(59)48-20-4-12-28-60(48)74/h1-42H. The highest BCUT2D eigenvalue weighted by molar-refractivity contribution is 6.29. The summed E-state index contributed by atoms with van der Waals surface area (Å²) in [6, 6.07) is 95.8. The molecule has 3 aromatic heterocycles. The van der Waals surface area contributed by atoms with Crippen molar-refractivity contribution >= 4 is 65.6 Å². The summed E-state index contributed by atoms with van der Waals surface area (Å²) in [6.07, 6.45) is 0. The minimum absolute atomic E-state index is 0.440. The Morgan fingerprint density at radius 2 is 0.532 bits per heavy atom. The number of aromatic nitrogens is 2. The maximum Gasteiger partial charge on any atom is 0.145 e. The summed E-state index contributed by atoms with van der Waals surface area (Å²) in [5.74, 6) is 0. The molecule has 0 amide bonds. The van der Waals surface area contributed by atoms with Crippen molar-refractivity contribution in [3.05, 3.63) is 299 Å². The first-order valence-corrected chi connectivity index (χ1v) is 26.9. The van der Waals surface area contributed by atoms with Crippen molar-refractivity contribution < 1.29 is 4.42 Å². The molecule has 12 aromatic carbocycles. The second kappa shape index (κ2) is 14.0. The van der Waals surface area contributed by atoms with Gasteiger partial charge in [-0.05, 0) is 150 Å². The number of hydrogen-bond acceptors (Lipinski definition) is 1. The van der Waals surface area contributed by atoms with E-state index < -0.39 is 10.8 Å². The predicted molar refractivity (Wildman–Crippen MR) is 315 cm³/mol. The van der Waals surface area contributed by atoms with E-state index in [2.05, 4.69) is 264 Å². The molecule has 19 rings (SSSR count). The second-order valence-corrected chi connectivity index (χ2v) is 21.7. The molecule has 0 radical (unpaired) electrons. The van der Waals surface area contributed by atoms with Gasteiger partial charge in [0.15, 0.2) is 0 Å². The van der Waals surface area contributed by atoms with Gasteiger partial charge in [0.25, 0.3) is 0 Å². The molecule has 0 N–H and O–H groups in total. The van der Waals surface area contributed by atoms with E-state index in [1.165, 1.54) is 99.8 Å². The van der Waals surface area contributed by atoms with Gasteiger partial charge in [-0.25, -0.2) is 0 Å². The minimum atomic E-state index is -0.440.